The molecule has 9 heteroatoms. The van der Waals surface area contributed by atoms with E-state index in [-0.39, 0.29) is 28.7 Å². The molecule has 4 rings (SSSR count). The molecule has 4 fully saturated rings. The van der Waals surface area contributed by atoms with E-state index in [9.17, 15) is 4.79 Å². The predicted octanol–water partition coefficient (Wildman–Crippen LogP) is 5.56. The van der Waals surface area contributed by atoms with Crippen LogP contribution in [0.25, 0.3) is 0 Å². The molecule has 4 aliphatic rings. The molecular formula is C34H60ClN7O. The Bertz CT molecular complexity index is 970. The van der Waals surface area contributed by atoms with E-state index in [1.54, 1.807) is 6.21 Å². The molecule has 5 atom stereocenters. The summed E-state index contributed by atoms with van der Waals surface area (Å²) >= 11 is 6.71. The van der Waals surface area contributed by atoms with Crippen LogP contribution in [0, 0.1) is 28.6 Å². The lowest BCUT2D eigenvalue weighted by Crippen LogP contribution is -2.73. The number of aliphatic imine (C=N–C) groups is 1. The van der Waals surface area contributed by atoms with E-state index in [0.717, 1.165) is 64.4 Å². The predicted molar refractivity (Wildman–Crippen MR) is 180 cm³/mol. The molecule has 6 N–H and O–H groups in total. The van der Waals surface area contributed by atoms with E-state index in [1.807, 2.05) is 6.92 Å². The third kappa shape index (κ3) is 8.62. The largest absolute Gasteiger partial charge is 0.387 e. The number of amides is 1. The quantitative estimate of drug-likeness (QED) is 0.129. The van der Waals surface area contributed by atoms with Crippen LogP contribution in [-0.2, 0) is 4.79 Å². The molecule has 0 radical (unpaired) electrons. The molecule has 2 heterocycles. The van der Waals surface area contributed by atoms with Crippen LogP contribution in [0.5, 0.6) is 0 Å². The summed E-state index contributed by atoms with van der Waals surface area (Å²) in [6.07, 6.45) is 20.6. The van der Waals surface area contributed by atoms with Crippen molar-refractivity contribution in [2.45, 2.75) is 128 Å². The Morgan fingerprint density at radius 1 is 1.16 bits per heavy atom. The van der Waals surface area contributed by atoms with E-state index in [2.05, 4.69) is 40.8 Å². The Morgan fingerprint density at radius 3 is 2.53 bits per heavy atom. The molecule has 5 unspecified atom stereocenters. The van der Waals surface area contributed by atoms with Crippen molar-refractivity contribution < 1.29 is 4.79 Å². The normalized spacial score (nSPS) is 29.5. The third-order valence-electron chi connectivity index (χ3n) is 11.4. The van der Waals surface area contributed by atoms with Crippen LogP contribution in [0.1, 0.15) is 111 Å². The number of rotatable bonds is 14. The van der Waals surface area contributed by atoms with Crippen LogP contribution in [0.2, 0.25) is 0 Å². The molecule has 1 amide bonds. The van der Waals surface area contributed by atoms with Gasteiger partial charge in [0.2, 0.25) is 5.91 Å². The second-order valence-electron chi connectivity index (χ2n) is 14.3. The topological polar surface area (TPSA) is 119 Å². The number of unbranched alkanes of at least 4 members (excludes halogenated alkanes) is 1. The lowest BCUT2D eigenvalue weighted by molar-refractivity contribution is -0.128. The van der Waals surface area contributed by atoms with Crippen molar-refractivity contribution in [1.82, 2.24) is 20.9 Å². The van der Waals surface area contributed by atoms with Gasteiger partial charge in [-0.2, -0.15) is 0 Å². The molecule has 2 saturated heterocycles. The first-order chi connectivity index (χ1) is 20.7. The van der Waals surface area contributed by atoms with Gasteiger partial charge in [-0.05, 0) is 75.7 Å². The van der Waals surface area contributed by atoms with Crippen molar-refractivity contribution in [2.75, 3.05) is 32.8 Å². The lowest BCUT2D eigenvalue weighted by atomic mass is 9.67. The Balaban J connectivity index is 1.48. The number of nitrogens with zero attached hydrogens (tertiary/aromatic N) is 2. The van der Waals surface area contributed by atoms with Crippen molar-refractivity contribution in [1.29, 1.82) is 5.41 Å². The summed E-state index contributed by atoms with van der Waals surface area (Å²) in [6.45, 7) is 11.1. The van der Waals surface area contributed by atoms with Gasteiger partial charge in [0.05, 0.1) is 16.6 Å². The number of halogens is 1. The van der Waals surface area contributed by atoms with E-state index < -0.39 is 12.0 Å². The average molecular weight is 618 g/mol. The molecule has 2 aliphatic heterocycles. The number of carbonyl (C=O) groups is 1. The van der Waals surface area contributed by atoms with Gasteiger partial charge in [0, 0.05) is 38.6 Å². The number of allylic oxidation sites excluding steroid dienone is 2. The van der Waals surface area contributed by atoms with Gasteiger partial charge in [-0.1, -0.05) is 76.5 Å². The molecule has 0 bridgehead atoms. The minimum atomic E-state index is -0.839. The maximum atomic E-state index is 14.1. The molecular weight excluding hydrogens is 558 g/mol. The molecule has 0 aromatic rings. The average Bonchev–Trinajstić information content (AvgIpc) is 3.74. The second kappa shape index (κ2) is 16.2. The number of hydrogen-bond acceptors (Lipinski definition) is 6. The minimum Gasteiger partial charge on any atom is -0.387 e. The van der Waals surface area contributed by atoms with Crippen LogP contribution >= 0.6 is 11.6 Å². The summed E-state index contributed by atoms with van der Waals surface area (Å²) in [5.41, 5.74) is 6.00. The first-order valence-electron chi connectivity index (χ1n) is 17.4. The highest BCUT2D eigenvalue weighted by Gasteiger charge is 2.51. The fourth-order valence-corrected chi connectivity index (χ4v) is 8.87. The summed E-state index contributed by atoms with van der Waals surface area (Å²) in [4.78, 5) is 21.4. The number of nitrogens with one attached hydrogen (secondary N) is 4. The number of carbonyl (C=O) groups excluding carboxylic acids is 1. The molecule has 2 aliphatic carbocycles. The van der Waals surface area contributed by atoms with Gasteiger partial charge in [0.1, 0.15) is 11.8 Å². The molecule has 2 saturated carbocycles. The van der Waals surface area contributed by atoms with Crippen LogP contribution < -0.4 is 21.7 Å². The first-order valence-corrected chi connectivity index (χ1v) is 17.8. The summed E-state index contributed by atoms with van der Waals surface area (Å²) in [7, 11) is 0. The van der Waals surface area contributed by atoms with Crippen molar-refractivity contribution in [3.05, 3.63) is 11.1 Å². The summed E-state index contributed by atoms with van der Waals surface area (Å²) in [5.74, 6) is -0.00923. The number of piperidine rings is 1. The zero-order valence-electron chi connectivity index (χ0n) is 27.2. The number of amidine groups is 1. The highest BCUT2D eigenvalue weighted by Crippen LogP contribution is 2.46. The molecule has 0 aromatic heterocycles. The second-order valence-corrected chi connectivity index (χ2v) is 14.7. The van der Waals surface area contributed by atoms with Gasteiger partial charge >= 0.3 is 0 Å². The Hall–Kier alpha value is -1.48. The van der Waals surface area contributed by atoms with Gasteiger partial charge in [-0.3, -0.25) is 20.1 Å². The van der Waals surface area contributed by atoms with Crippen molar-refractivity contribution >= 4 is 29.6 Å². The van der Waals surface area contributed by atoms with Gasteiger partial charge in [0.25, 0.3) is 0 Å². The summed E-state index contributed by atoms with van der Waals surface area (Å²) in [6, 6.07) is -0.241. The fourth-order valence-electron chi connectivity index (χ4n) is 8.73. The number of hydrogen-bond donors (Lipinski definition) is 5. The molecule has 8 nitrogen and oxygen atoms in total. The van der Waals surface area contributed by atoms with Crippen molar-refractivity contribution in [3.63, 3.8) is 0 Å². The SMILES string of the molecule is CCCCC(C)(C/C=C(Cl)\C=N/C(C)C(C(=N)N)C(=O)NC1(C2CCCCC2)CNCCC1N1CCNC1)C1CCCC1. The maximum Gasteiger partial charge on any atom is 0.233 e. The Kier molecular flexibility index (Phi) is 13.0. The van der Waals surface area contributed by atoms with Crippen LogP contribution in [-0.4, -0.2) is 73.3 Å². The van der Waals surface area contributed by atoms with E-state index in [0.29, 0.717) is 11.0 Å². The van der Waals surface area contributed by atoms with Gasteiger partial charge in [0.15, 0.2) is 0 Å². The van der Waals surface area contributed by atoms with Crippen LogP contribution in [0.3, 0.4) is 0 Å². The van der Waals surface area contributed by atoms with Gasteiger partial charge in [-0.25, -0.2) is 0 Å². The van der Waals surface area contributed by atoms with Crippen molar-refractivity contribution in [2.24, 2.45) is 33.9 Å². The lowest BCUT2D eigenvalue weighted by Gasteiger charge is -2.54. The zero-order valence-corrected chi connectivity index (χ0v) is 28.0. The molecule has 244 valence electrons. The Morgan fingerprint density at radius 2 is 1.88 bits per heavy atom. The Labute approximate surface area is 266 Å². The van der Waals surface area contributed by atoms with E-state index >= 15 is 0 Å². The third-order valence-corrected chi connectivity index (χ3v) is 11.6. The van der Waals surface area contributed by atoms with E-state index in [4.69, 9.17) is 27.7 Å². The highest BCUT2D eigenvalue weighted by molar-refractivity contribution is 6.39. The maximum absolute atomic E-state index is 14.1. The van der Waals surface area contributed by atoms with Crippen LogP contribution in [0.4, 0.5) is 0 Å². The molecule has 43 heavy (non-hydrogen) atoms. The summed E-state index contributed by atoms with van der Waals surface area (Å²) < 4.78 is 0. The smallest absolute Gasteiger partial charge is 0.233 e. The number of nitrogens with two attached hydrogens (primary N) is 1. The van der Waals surface area contributed by atoms with Crippen molar-refractivity contribution in [3.8, 4) is 0 Å². The summed E-state index contributed by atoms with van der Waals surface area (Å²) in [5, 5.41) is 19.7. The van der Waals surface area contributed by atoms with E-state index in [1.165, 1.54) is 64.2 Å². The zero-order chi connectivity index (χ0) is 30.9. The highest BCUT2D eigenvalue weighted by atomic mass is 35.5. The fraction of sp³-hybridized carbons (Fsp3) is 0.853. The van der Waals surface area contributed by atoms with Gasteiger partial charge in [-0.15, -0.1) is 0 Å². The molecule has 0 aromatic carbocycles. The monoisotopic (exact) mass is 617 g/mol. The first kappa shape index (κ1) is 34.4. The van der Waals surface area contributed by atoms with Gasteiger partial charge < -0.3 is 21.7 Å². The minimum absolute atomic E-state index is 0.141. The van der Waals surface area contributed by atoms with Crippen LogP contribution in [0.15, 0.2) is 16.1 Å². The standard InChI is InChI=1S/C34H60ClN7O/c1-4-5-17-33(3,26-11-9-10-12-26)18-15-28(35)22-40-25(2)30(31(36)37)32(43)41-34(27-13-7-6-8-14-27)23-38-19-16-29(34)42-21-20-39-24-42/h15,22,25-27,29-30,38-39H,4-14,16-21,23-24H2,1-3H3,(H3,36,37)(H,41,43)/b28-15+,40-22-. The molecule has 0 spiro atoms.